The third kappa shape index (κ3) is 8.99. The van der Waals surface area contributed by atoms with Crippen LogP contribution in [0.2, 0.25) is 5.54 Å². The highest BCUT2D eigenvalue weighted by molar-refractivity contribution is 6.79. The fourth-order valence-electron chi connectivity index (χ4n) is 4.75. The Morgan fingerprint density at radius 2 is 1.29 bits per heavy atom. The Kier molecular flexibility index (Phi) is 12.6. The summed E-state index contributed by atoms with van der Waals surface area (Å²) < 4.78 is 38.9. The van der Waals surface area contributed by atoms with Gasteiger partial charge in [-0.05, 0) is 46.0 Å². The fourth-order valence-corrected chi connectivity index (χ4v) is 10.1. The van der Waals surface area contributed by atoms with E-state index >= 15 is 0 Å². The van der Waals surface area contributed by atoms with E-state index in [0.29, 0.717) is 48.7 Å². The first-order chi connectivity index (χ1) is 18.0. The smallest absolute Gasteiger partial charge is 0.452 e. The summed E-state index contributed by atoms with van der Waals surface area (Å²) in [5.74, 6) is -1.48. The van der Waals surface area contributed by atoms with Gasteiger partial charge in [-0.25, -0.2) is 0 Å². The number of hydrogen-bond donors (Lipinski definition) is 0. The average molecular weight is 571 g/mol. The van der Waals surface area contributed by atoms with Gasteiger partial charge in [0.25, 0.3) is 17.9 Å². The van der Waals surface area contributed by atoms with Crippen molar-refractivity contribution < 1.29 is 45.7 Å². The lowest BCUT2D eigenvalue weighted by Crippen LogP contribution is -2.59. The van der Waals surface area contributed by atoms with Gasteiger partial charge in [0.15, 0.2) is 0 Å². The number of carbonyl (C=O) groups excluding carboxylic acids is 3. The fraction of sp³-hybridized carbons (Fsp3) is 0.654. The van der Waals surface area contributed by atoms with Gasteiger partial charge in [0.2, 0.25) is 0 Å². The zero-order chi connectivity index (χ0) is 28.3. The van der Waals surface area contributed by atoms with Crippen LogP contribution in [0.25, 0.3) is 0 Å². The molecule has 12 heteroatoms. The topological polar surface area (TPSA) is 119 Å². The molecule has 1 aliphatic carbocycles. The van der Waals surface area contributed by atoms with Gasteiger partial charge in [0.1, 0.15) is 0 Å². The molecule has 38 heavy (non-hydrogen) atoms. The van der Waals surface area contributed by atoms with E-state index in [1.165, 1.54) is 12.8 Å². The number of fused-ring (bicyclic) bond motifs is 1. The lowest BCUT2D eigenvalue weighted by atomic mass is 9.87. The summed E-state index contributed by atoms with van der Waals surface area (Å²) in [6.45, 7) is 13.7. The molecule has 1 aromatic carbocycles. The van der Waals surface area contributed by atoms with Gasteiger partial charge < -0.3 is 31.3 Å². The molecule has 2 fully saturated rings. The molecular formula is C26H42O10Si2. The maximum Gasteiger partial charge on any atom is 0.742 e. The van der Waals surface area contributed by atoms with Crippen LogP contribution in [-0.2, 0) is 45.7 Å². The molecule has 0 radical (unpaired) electrons. The summed E-state index contributed by atoms with van der Waals surface area (Å²) >= 11 is 0. The Morgan fingerprint density at radius 3 is 1.68 bits per heavy atom. The molecule has 1 saturated heterocycles. The van der Waals surface area contributed by atoms with Crippen molar-refractivity contribution in [3.05, 3.63) is 30.3 Å². The number of rotatable bonds is 12. The molecule has 2 aliphatic rings. The second-order valence-electron chi connectivity index (χ2n) is 9.18. The van der Waals surface area contributed by atoms with E-state index in [4.69, 9.17) is 31.3 Å². The van der Waals surface area contributed by atoms with Gasteiger partial charge in [-0.2, -0.15) is 0 Å². The van der Waals surface area contributed by atoms with Crippen molar-refractivity contribution in [3.8, 4) is 0 Å². The van der Waals surface area contributed by atoms with Gasteiger partial charge in [0, 0.05) is 46.1 Å². The van der Waals surface area contributed by atoms with Crippen molar-refractivity contribution in [1.82, 2.24) is 0 Å². The molecule has 214 valence electrons. The zero-order valence-electron chi connectivity index (χ0n) is 23.5. The van der Waals surface area contributed by atoms with E-state index in [1.54, 1.807) is 30.3 Å². The second kappa shape index (κ2) is 14.9. The Morgan fingerprint density at radius 1 is 0.816 bits per heavy atom. The van der Waals surface area contributed by atoms with Crippen molar-refractivity contribution in [2.24, 2.45) is 5.92 Å². The minimum Gasteiger partial charge on any atom is -0.452 e. The number of hydrogen-bond acceptors (Lipinski definition) is 10. The predicted octanol–water partition coefficient (Wildman–Crippen LogP) is 3.51. The molecule has 1 heterocycles. The SMILES string of the molecule is CC(=O)O[Si](OC(C)=O)(OC(C)=O)c1ccccc1.CCO[Si](OCC)(OCC)C(C)C1CCC2OC2C1. The molecule has 1 aromatic rings. The highest BCUT2D eigenvalue weighted by atomic mass is 28.4. The highest BCUT2D eigenvalue weighted by Gasteiger charge is 2.55. The van der Waals surface area contributed by atoms with Gasteiger partial charge >= 0.3 is 17.6 Å². The molecule has 0 amide bonds. The molecule has 0 bridgehead atoms. The number of carbonyl (C=O) groups is 3. The standard InChI is InChI=1S/C14H28O4Si.C12H14O6Si/c1-5-15-19(16-6-2,17-7-3)11(4)12-8-9-13-14(10-12)18-13;1-9(13)16-19(17-10(2)14,18-11(3)15)12-7-5-4-6-8-12/h11-14H,5-10H2,1-4H3;4-8H,1-3H3. The quantitative estimate of drug-likeness (QED) is 0.273. The largest absolute Gasteiger partial charge is 0.742 e. The van der Waals surface area contributed by atoms with E-state index in [9.17, 15) is 14.4 Å². The van der Waals surface area contributed by atoms with E-state index in [2.05, 4.69) is 6.92 Å². The van der Waals surface area contributed by atoms with Gasteiger partial charge in [-0.1, -0.05) is 37.3 Å². The van der Waals surface area contributed by atoms with E-state index in [-0.39, 0.29) is 0 Å². The third-order valence-electron chi connectivity index (χ3n) is 6.31. The predicted molar refractivity (Wildman–Crippen MR) is 143 cm³/mol. The molecular weight excluding hydrogens is 528 g/mol. The van der Waals surface area contributed by atoms with Crippen LogP contribution in [0.4, 0.5) is 0 Å². The highest BCUT2D eigenvalue weighted by Crippen LogP contribution is 2.47. The average Bonchev–Trinajstić information content (AvgIpc) is 3.62. The van der Waals surface area contributed by atoms with Crippen LogP contribution in [0, 0.1) is 5.92 Å². The molecule has 3 rings (SSSR count). The summed E-state index contributed by atoms with van der Waals surface area (Å²) in [7, 11) is -6.46. The molecule has 10 nitrogen and oxygen atoms in total. The van der Waals surface area contributed by atoms with Crippen LogP contribution in [0.5, 0.6) is 0 Å². The molecule has 0 aromatic heterocycles. The normalized spacial score (nSPS) is 21.2. The van der Waals surface area contributed by atoms with Crippen molar-refractivity contribution in [2.75, 3.05) is 19.8 Å². The van der Waals surface area contributed by atoms with E-state index in [0.717, 1.165) is 27.2 Å². The number of benzene rings is 1. The zero-order valence-corrected chi connectivity index (χ0v) is 25.5. The first-order valence-corrected chi connectivity index (χ1v) is 16.8. The summed E-state index contributed by atoms with van der Waals surface area (Å²) in [5, 5.41) is 0.357. The van der Waals surface area contributed by atoms with E-state index < -0.39 is 35.5 Å². The maximum atomic E-state index is 11.2. The Labute approximate surface area is 228 Å². The number of ether oxygens (including phenoxy) is 1. The van der Waals surface area contributed by atoms with Crippen LogP contribution in [-0.4, -0.2) is 67.5 Å². The van der Waals surface area contributed by atoms with Gasteiger partial charge in [-0.15, -0.1) is 0 Å². The molecule has 4 unspecified atom stereocenters. The summed E-state index contributed by atoms with van der Waals surface area (Å²) in [4.78, 5) is 33.7. The molecule has 1 aliphatic heterocycles. The van der Waals surface area contributed by atoms with Crippen molar-refractivity contribution in [3.63, 3.8) is 0 Å². The Balaban J connectivity index is 0.000000267. The Bertz CT molecular complexity index is 855. The van der Waals surface area contributed by atoms with Gasteiger partial charge in [-0.3, -0.25) is 14.4 Å². The van der Waals surface area contributed by atoms with Crippen LogP contribution in [0.15, 0.2) is 30.3 Å². The summed E-state index contributed by atoms with van der Waals surface area (Å²) in [6, 6.07) is 8.20. The minimum absolute atomic E-state index is 0.357. The lowest BCUT2D eigenvalue weighted by molar-refractivity contribution is -0.146. The third-order valence-corrected chi connectivity index (χ3v) is 12.7. The molecule has 1 saturated carbocycles. The number of epoxide rings is 1. The van der Waals surface area contributed by atoms with E-state index in [1.807, 2.05) is 20.8 Å². The lowest BCUT2D eigenvalue weighted by Gasteiger charge is -2.38. The Hall–Kier alpha value is -2.10. The monoisotopic (exact) mass is 570 g/mol. The first kappa shape index (κ1) is 32.1. The van der Waals surface area contributed by atoms with Crippen molar-refractivity contribution in [2.45, 2.75) is 85.5 Å². The van der Waals surface area contributed by atoms with Crippen LogP contribution < -0.4 is 5.19 Å². The molecule has 4 atom stereocenters. The van der Waals surface area contributed by atoms with Crippen molar-refractivity contribution in [1.29, 1.82) is 0 Å². The van der Waals surface area contributed by atoms with Crippen LogP contribution in [0.1, 0.15) is 67.7 Å². The van der Waals surface area contributed by atoms with Crippen LogP contribution in [0.3, 0.4) is 0 Å². The maximum absolute atomic E-state index is 11.2. The first-order valence-electron chi connectivity index (χ1n) is 13.2. The van der Waals surface area contributed by atoms with Crippen molar-refractivity contribution >= 4 is 40.7 Å². The second-order valence-corrected chi connectivity index (χ2v) is 14.5. The minimum atomic E-state index is -3.91. The summed E-state index contributed by atoms with van der Waals surface area (Å²) in [6.07, 6.45) is 4.59. The molecule has 0 N–H and O–H groups in total. The molecule has 0 spiro atoms. The summed E-state index contributed by atoms with van der Waals surface area (Å²) in [5.41, 5.74) is 0.359. The van der Waals surface area contributed by atoms with Gasteiger partial charge in [0.05, 0.1) is 17.4 Å². The van der Waals surface area contributed by atoms with Crippen LogP contribution >= 0.6 is 0 Å².